The maximum Gasteiger partial charge on any atom is 0.340 e. The van der Waals surface area contributed by atoms with Crippen molar-refractivity contribution in [3.63, 3.8) is 0 Å². The zero-order valence-electron chi connectivity index (χ0n) is 34.4. The van der Waals surface area contributed by atoms with Gasteiger partial charge in [0.1, 0.15) is 22.5 Å². The normalized spacial score (nSPS) is 14.9. The summed E-state index contributed by atoms with van der Waals surface area (Å²) in [6.45, 7) is 7.03. The highest BCUT2D eigenvalue weighted by molar-refractivity contribution is 8.00. The smallest absolute Gasteiger partial charge is 0.340 e. The van der Waals surface area contributed by atoms with Crippen molar-refractivity contribution in [3.8, 4) is 22.6 Å². The van der Waals surface area contributed by atoms with Crippen LogP contribution in [0.5, 0.6) is 11.5 Å². The molecule has 6 rings (SSSR count). The van der Waals surface area contributed by atoms with E-state index in [-0.39, 0.29) is 23.5 Å². The predicted molar refractivity (Wildman–Crippen MR) is 234 cm³/mol. The summed E-state index contributed by atoms with van der Waals surface area (Å²) in [4.78, 5) is 1.37. The molecule has 0 aromatic heterocycles. The second kappa shape index (κ2) is 23.0. The van der Waals surface area contributed by atoms with Crippen LogP contribution in [0.3, 0.4) is 0 Å². The first-order chi connectivity index (χ1) is 28.8. The molecule has 1 aliphatic heterocycles. The Balaban J connectivity index is 1.32. The first-order valence-electron chi connectivity index (χ1n) is 21.1. The van der Waals surface area contributed by atoms with Crippen molar-refractivity contribution < 1.29 is 36.7 Å². The lowest BCUT2D eigenvalue weighted by Crippen LogP contribution is -2.22. The lowest BCUT2D eigenvalue weighted by atomic mass is 9.90. The van der Waals surface area contributed by atoms with Crippen molar-refractivity contribution >= 4 is 21.9 Å². The van der Waals surface area contributed by atoms with Crippen molar-refractivity contribution in [1.82, 2.24) is 0 Å². The zero-order chi connectivity index (χ0) is 41.3. The molecule has 1 aliphatic rings. The van der Waals surface area contributed by atoms with Crippen LogP contribution in [-0.2, 0) is 37.5 Å². The fourth-order valence-electron chi connectivity index (χ4n) is 6.98. The van der Waals surface area contributed by atoms with Crippen molar-refractivity contribution in [1.29, 1.82) is 0 Å². The van der Waals surface area contributed by atoms with Crippen LogP contribution in [0.2, 0.25) is 0 Å². The maximum atomic E-state index is 14.2. The summed E-state index contributed by atoms with van der Waals surface area (Å²) in [5.74, 6) is 0.980. The number of aliphatic hydroxyl groups excluding tert-OH is 1. The predicted octanol–water partition coefficient (Wildman–Crippen LogP) is 12.1. The van der Waals surface area contributed by atoms with Crippen molar-refractivity contribution in [2.24, 2.45) is 0 Å². The maximum absolute atomic E-state index is 14.2. The van der Waals surface area contributed by atoms with Crippen LogP contribution in [-0.4, -0.2) is 39.6 Å². The highest BCUT2D eigenvalue weighted by Gasteiger charge is 2.26. The number of rotatable bonds is 23. The molecule has 0 radical (unpaired) electrons. The summed E-state index contributed by atoms with van der Waals surface area (Å²) in [7, 11) is -4.30. The molecular formula is C49H58O8S2. The summed E-state index contributed by atoms with van der Waals surface area (Å²) in [6.07, 6.45) is 9.40. The molecule has 1 fully saturated rings. The molecule has 5 aromatic rings. The standard InChI is InChI=1S/C49H58O8S2/c1-3-5-7-8-15-30-53-35-37-22-23-39(36-56-48-21-14-16-32-55-48)45(33-37)49(50)44-20-13-12-19-43(44)38-24-29-46(58-42-27-25-40(26-28-42)54-31-6-4-2)47(34-38)59(51,52)57-41-17-10-9-11-18-41/h9-13,17-20,22-29,33-34,48-50H,3-8,14-16,21,30-32,35-36H2,1-2H3. The molecule has 59 heavy (non-hydrogen) atoms. The van der Waals surface area contributed by atoms with Crippen molar-refractivity contribution in [3.05, 3.63) is 138 Å². The van der Waals surface area contributed by atoms with Crippen LogP contribution in [0, 0.1) is 0 Å². The molecule has 1 heterocycles. The van der Waals surface area contributed by atoms with E-state index in [9.17, 15) is 13.5 Å². The average Bonchev–Trinajstić information content (AvgIpc) is 3.26. The van der Waals surface area contributed by atoms with E-state index < -0.39 is 16.2 Å². The molecule has 0 amide bonds. The number of para-hydroxylation sites is 1. The monoisotopic (exact) mass is 838 g/mol. The Labute approximate surface area is 355 Å². The van der Waals surface area contributed by atoms with Gasteiger partial charge in [-0.3, -0.25) is 0 Å². The van der Waals surface area contributed by atoms with Gasteiger partial charge in [0.2, 0.25) is 0 Å². The Kier molecular flexibility index (Phi) is 17.3. The minimum atomic E-state index is -4.30. The molecule has 0 aliphatic carbocycles. The van der Waals surface area contributed by atoms with Crippen LogP contribution >= 0.6 is 11.8 Å². The first kappa shape index (κ1) is 44.4. The van der Waals surface area contributed by atoms with Gasteiger partial charge in [-0.1, -0.05) is 124 Å². The zero-order valence-corrected chi connectivity index (χ0v) is 36.0. The Morgan fingerprint density at radius 2 is 1.53 bits per heavy atom. The highest BCUT2D eigenvalue weighted by Crippen LogP contribution is 2.40. The number of hydrogen-bond donors (Lipinski definition) is 1. The van der Waals surface area contributed by atoms with Gasteiger partial charge in [-0.05, 0) is 114 Å². The van der Waals surface area contributed by atoms with Gasteiger partial charge in [0, 0.05) is 23.0 Å². The number of aliphatic hydroxyl groups is 1. The SMILES string of the molecule is CCCCCCCOCc1ccc(COC2CCCCO2)c(C(O)c2ccccc2-c2ccc(Sc3ccc(OCCCC)cc3)c(S(=O)(=O)Oc3ccccc3)c2)c1. The molecular weight excluding hydrogens is 781 g/mol. The van der Waals surface area contributed by atoms with E-state index in [2.05, 4.69) is 13.8 Å². The fraction of sp³-hybridized carbons (Fsp3) is 0.388. The fourth-order valence-corrected chi connectivity index (χ4v) is 9.27. The first-order valence-corrected chi connectivity index (χ1v) is 23.3. The Hall–Kier alpha value is -4.16. The van der Waals surface area contributed by atoms with Gasteiger partial charge in [0.25, 0.3) is 0 Å². The molecule has 2 atom stereocenters. The molecule has 0 spiro atoms. The van der Waals surface area contributed by atoms with Crippen LogP contribution in [0.4, 0.5) is 0 Å². The van der Waals surface area contributed by atoms with Crippen LogP contribution in [0.15, 0.2) is 130 Å². The summed E-state index contributed by atoms with van der Waals surface area (Å²) >= 11 is 1.33. The van der Waals surface area contributed by atoms with Crippen LogP contribution in [0.25, 0.3) is 11.1 Å². The van der Waals surface area contributed by atoms with Crippen molar-refractivity contribution in [2.75, 3.05) is 19.8 Å². The van der Waals surface area contributed by atoms with Crippen LogP contribution < -0.4 is 8.92 Å². The molecule has 5 aromatic carbocycles. The summed E-state index contributed by atoms with van der Waals surface area (Å²) in [5, 5.41) is 12.3. The lowest BCUT2D eigenvalue weighted by Gasteiger charge is -2.25. The Morgan fingerprint density at radius 1 is 0.746 bits per heavy atom. The van der Waals surface area contributed by atoms with E-state index in [0.717, 1.165) is 66.7 Å². The van der Waals surface area contributed by atoms with E-state index in [1.807, 2.05) is 72.8 Å². The van der Waals surface area contributed by atoms with E-state index in [1.54, 1.807) is 42.5 Å². The third-order valence-corrected chi connectivity index (χ3v) is 12.8. The third kappa shape index (κ3) is 13.2. The summed E-state index contributed by atoms with van der Waals surface area (Å²) < 4.78 is 58.0. The molecule has 1 saturated heterocycles. The van der Waals surface area contributed by atoms with E-state index >= 15 is 0 Å². The molecule has 10 heteroatoms. The number of ether oxygens (including phenoxy) is 4. The quantitative estimate of drug-likeness (QED) is 0.0509. The number of benzene rings is 5. The minimum Gasteiger partial charge on any atom is -0.494 e. The largest absolute Gasteiger partial charge is 0.494 e. The molecule has 2 unspecified atom stereocenters. The third-order valence-electron chi connectivity index (χ3n) is 10.3. The van der Waals surface area contributed by atoms with E-state index in [4.69, 9.17) is 23.1 Å². The molecule has 0 saturated carbocycles. The molecule has 314 valence electrons. The summed E-state index contributed by atoms with van der Waals surface area (Å²) in [5.41, 5.74) is 4.44. The topological polar surface area (TPSA) is 101 Å². The molecule has 1 N–H and O–H groups in total. The second-order valence-corrected chi connectivity index (χ2v) is 17.5. The van der Waals surface area contributed by atoms with Crippen LogP contribution in [0.1, 0.15) is 106 Å². The number of unbranched alkanes of at least 4 members (excludes halogenated alkanes) is 5. The Morgan fingerprint density at radius 3 is 2.31 bits per heavy atom. The summed E-state index contributed by atoms with van der Waals surface area (Å²) in [6, 6.07) is 35.1. The van der Waals surface area contributed by atoms with Gasteiger partial charge in [-0.25, -0.2) is 0 Å². The van der Waals surface area contributed by atoms with E-state index in [1.165, 1.54) is 31.0 Å². The van der Waals surface area contributed by atoms with Gasteiger partial charge in [-0.2, -0.15) is 8.42 Å². The average molecular weight is 839 g/mol. The van der Waals surface area contributed by atoms with Gasteiger partial charge >= 0.3 is 10.1 Å². The Bertz CT molecular complexity index is 2130. The number of hydrogen-bond acceptors (Lipinski definition) is 9. The van der Waals surface area contributed by atoms with Gasteiger partial charge < -0.3 is 28.2 Å². The molecule has 0 bridgehead atoms. The lowest BCUT2D eigenvalue weighted by molar-refractivity contribution is -0.169. The van der Waals surface area contributed by atoms with Gasteiger partial charge in [0.15, 0.2) is 6.29 Å². The molecule has 8 nitrogen and oxygen atoms in total. The minimum absolute atomic E-state index is 0.0202. The second-order valence-electron chi connectivity index (χ2n) is 14.9. The van der Waals surface area contributed by atoms with Crippen molar-refractivity contribution in [2.45, 2.75) is 118 Å². The van der Waals surface area contributed by atoms with E-state index in [0.29, 0.717) is 53.6 Å². The van der Waals surface area contributed by atoms with Gasteiger partial charge in [0.05, 0.1) is 19.8 Å². The highest BCUT2D eigenvalue weighted by atomic mass is 32.2. The van der Waals surface area contributed by atoms with Gasteiger partial charge in [-0.15, -0.1) is 0 Å².